The molecule has 0 saturated carbocycles. The Hall–Kier alpha value is -1.71. The van der Waals surface area contributed by atoms with Gasteiger partial charge in [-0.05, 0) is 18.6 Å². The van der Waals surface area contributed by atoms with E-state index in [1.54, 1.807) is 24.1 Å². The molecule has 1 aromatic carbocycles. The molecule has 2 N–H and O–H groups in total. The van der Waals surface area contributed by atoms with Gasteiger partial charge in [-0.3, -0.25) is 4.79 Å². The van der Waals surface area contributed by atoms with Crippen LogP contribution in [-0.2, 0) is 4.79 Å². The number of hydrogen-bond acceptors (Lipinski definition) is 3. The normalized spacial score (nSPS) is 15.8. The number of nitrogens with two attached hydrogens (primary N) is 1. The van der Waals surface area contributed by atoms with Crippen molar-refractivity contribution in [3.05, 3.63) is 18.2 Å². The molecule has 1 heterocycles. The number of nitrogen functional groups attached to an aromatic ring is 1. The maximum absolute atomic E-state index is 11.5. The zero-order valence-electron chi connectivity index (χ0n) is 8.69. The minimum absolute atomic E-state index is 0.168. The molecule has 1 aliphatic heterocycles. The zero-order valence-corrected chi connectivity index (χ0v) is 8.69. The highest BCUT2D eigenvalue weighted by Gasteiger charge is 2.22. The average molecular weight is 206 g/mol. The van der Waals surface area contributed by atoms with Crippen molar-refractivity contribution < 1.29 is 9.53 Å². The van der Waals surface area contributed by atoms with E-state index in [2.05, 4.69) is 0 Å². The highest BCUT2D eigenvalue weighted by atomic mass is 16.5. The number of carbonyl (C=O) groups is 1. The Morgan fingerprint density at radius 3 is 2.87 bits per heavy atom. The third-order valence-corrected chi connectivity index (χ3v) is 2.60. The van der Waals surface area contributed by atoms with Gasteiger partial charge in [0.25, 0.3) is 0 Å². The Labute approximate surface area is 88.6 Å². The summed E-state index contributed by atoms with van der Waals surface area (Å²) in [5.41, 5.74) is 7.16. The molecule has 80 valence electrons. The molecule has 0 spiro atoms. The Morgan fingerprint density at radius 2 is 2.27 bits per heavy atom. The predicted octanol–water partition coefficient (Wildman–Crippen LogP) is 1.40. The fourth-order valence-corrected chi connectivity index (χ4v) is 1.79. The van der Waals surface area contributed by atoms with Crippen molar-refractivity contribution in [2.24, 2.45) is 0 Å². The van der Waals surface area contributed by atoms with E-state index in [9.17, 15) is 4.79 Å². The van der Waals surface area contributed by atoms with Crippen molar-refractivity contribution in [1.82, 2.24) is 0 Å². The number of nitrogens with zero attached hydrogens (tertiary/aromatic N) is 1. The molecule has 1 fully saturated rings. The average Bonchev–Trinajstić information content (AvgIpc) is 2.65. The molecule has 0 atom stereocenters. The SMILES string of the molecule is COc1cc(N2CCCC2=O)ccc1N. The molecule has 1 saturated heterocycles. The highest BCUT2D eigenvalue weighted by molar-refractivity contribution is 5.95. The Bertz CT molecular complexity index is 390. The third kappa shape index (κ3) is 1.75. The number of hydrogen-bond donors (Lipinski definition) is 1. The van der Waals surface area contributed by atoms with E-state index < -0.39 is 0 Å². The molecule has 1 aromatic rings. The summed E-state index contributed by atoms with van der Waals surface area (Å²) in [5.74, 6) is 0.786. The summed E-state index contributed by atoms with van der Waals surface area (Å²) in [6.45, 7) is 0.784. The number of ether oxygens (including phenoxy) is 1. The van der Waals surface area contributed by atoms with E-state index >= 15 is 0 Å². The highest BCUT2D eigenvalue weighted by Crippen LogP contribution is 2.29. The van der Waals surface area contributed by atoms with Crippen molar-refractivity contribution >= 4 is 17.3 Å². The molecule has 0 unspecified atom stereocenters. The number of benzene rings is 1. The second-order valence-corrected chi connectivity index (χ2v) is 3.58. The Morgan fingerprint density at radius 1 is 1.47 bits per heavy atom. The number of rotatable bonds is 2. The molecule has 0 aromatic heterocycles. The van der Waals surface area contributed by atoms with Crippen LogP contribution in [0.2, 0.25) is 0 Å². The number of carbonyl (C=O) groups excluding carboxylic acids is 1. The molecule has 0 aliphatic carbocycles. The summed E-state index contributed by atoms with van der Waals surface area (Å²) >= 11 is 0. The molecule has 1 aliphatic rings. The van der Waals surface area contributed by atoms with Crippen LogP contribution in [0.1, 0.15) is 12.8 Å². The van der Waals surface area contributed by atoms with Crippen LogP contribution in [-0.4, -0.2) is 19.6 Å². The van der Waals surface area contributed by atoms with Gasteiger partial charge in [-0.1, -0.05) is 0 Å². The third-order valence-electron chi connectivity index (χ3n) is 2.60. The molecular weight excluding hydrogens is 192 g/mol. The summed E-state index contributed by atoms with van der Waals surface area (Å²) in [4.78, 5) is 13.3. The van der Waals surface area contributed by atoms with Crippen molar-refractivity contribution in [2.75, 3.05) is 24.3 Å². The summed E-state index contributed by atoms with van der Waals surface area (Å²) < 4.78 is 5.12. The first-order valence-corrected chi connectivity index (χ1v) is 4.96. The van der Waals surface area contributed by atoms with Crippen molar-refractivity contribution in [1.29, 1.82) is 0 Å². The molecule has 4 nitrogen and oxygen atoms in total. The van der Waals surface area contributed by atoms with Crippen LogP contribution in [0, 0.1) is 0 Å². The van der Waals surface area contributed by atoms with E-state index in [1.165, 1.54) is 0 Å². The fourth-order valence-electron chi connectivity index (χ4n) is 1.79. The lowest BCUT2D eigenvalue weighted by Crippen LogP contribution is -2.23. The minimum Gasteiger partial charge on any atom is -0.495 e. The van der Waals surface area contributed by atoms with Gasteiger partial charge in [0.2, 0.25) is 5.91 Å². The maximum atomic E-state index is 11.5. The predicted molar refractivity (Wildman–Crippen MR) is 59.0 cm³/mol. The van der Waals surface area contributed by atoms with Crippen LogP contribution in [0.5, 0.6) is 5.75 Å². The lowest BCUT2D eigenvalue weighted by atomic mass is 10.2. The standard InChI is InChI=1S/C11H14N2O2/c1-15-10-7-8(4-5-9(10)12)13-6-2-3-11(13)14/h4-5,7H,2-3,6,12H2,1H3. The van der Waals surface area contributed by atoms with Gasteiger partial charge in [0.15, 0.2) is 0 Å². The first-order chi connectivity index (χ1) is 7.22. The summed E-state index contributed by atoms with van der Waals surface area (Å²) in [6, 6.07) is 5.42. The lowest BCUT2D eigenvalue weighted by Gasteiger charge is -2.17. The van der Waals surface area contributed by atoms with Crippen LogP contribution in [0.25, 0.3) is 0 Å². The van der Waals surface area contributed by atoms with E-state index in [0.717, 1.165) is 18.7 Å². The largest absolute Gasteiger partial charge is 0.495 e. The van der Waals surface area contributed by atoms with E-state index in [1.807, 2.05) is 6.07 Å². The van der Waals surface area contributed by atoms with Gasteiger partial charge >= 0.3 is 0 Å². The first-order valence-electron chi connectivity index (χ1n) is 4.96. The van der Waals surface area contributed by atoms with Crippen molar-refractivity contribution in [3.8, 4) is 5.75 Å². The molecule has 0 bridgehead atoms. The van der Waals surface area contributed by atoms with E-state index in [4.69, 9.17) is 10.5 Å². The topological polar surface area (TPSA) is 55.6 Å². The molecule has 4 heteroatoms. The summed E-state index contributed by atoms with van der Waals surface area (Å²) in [5, 5.41) is 0. The molecule has 1 amide bonds. The molecule has 15 heavy (non-hydrogen) atoms. The summed E-state index contributed by atoms with van der Waals surface area (Å²) in [7, 11) is 1.57. The van der Waals surface area contributed by atoms with Crippen molar-refractivity contribution in [2.45, 2.75) is 12.8 Å². The van der Waals surface area contributed by atoms with Gasteiger partial charge in [0.05, 0.1) is 12.8 Å². The van der Waals surface area contributed by atoms with Crippen LogP contribution < -0.4 is 15.4 Å². The second-order valence-electron chi connectivity index (χ2n) is 3.58. The molecular formula is C11H14N2O2. The van der Waals surface area contributed by atoms with Crippen molar-refractivity contribution in [3.63, 3.8) is 0 Å². The van der Waals surface area contributed by atoms with E-state index in [0.29, 0.717) is 17.9 Å². The zero-order chi connectivity index (χ0) is 10.8. The van der Waals surface area contributed by atoms with Crippen LogP contribution in [0.15, 0.2) is 18.2 Å². The maximum Gasteiger partial charge on any atom is 0.227 e. The lowest BCUT2D eigenvalue weighted by molar-refractivity contribution is -0.117. The van der Waals surface area contributed by atoms with E-state index in [-0.39, 0.29) is 5.91 Å². The minimum atomic E-state index is 0.168. The first kappa shape index (κ1) is 9.83. The van der Waals surface area contributed by atoms with Gasteiger partial charge in [-0.25, -0.2) is 0 Å². The number of amides is 1. The fraction of sp³-hybridized carbons (Fsp3) is 0.364. The Kier molecular flexibility index (Phi) is 2.49. The molecule has 0 radical (unpaired) electrons. The number of anilines is 2. The van der Waals surface area contributed by atoms with Gasteiger partial charge in [0.1, 0.15) is 5.75 Å². The van der Waals surface area contributed by atoms with Gasteiger partial charge in [-0.15, -0.1) is 0 Å². The second kappa shape index (κ2) is 3.81. The van der Waals surface area contributed by atoms with Crippen LogP contribution >= 0.6 is 0 Å². The smallest absolute Gasteiger partial charge is 0.227 e. The molecule has 2 rings (SSSR count). The van der Waals surface area contributed by atoms with Gasteiger partial charge in [0, 0.05) is 24.7 Å². The van der Waals surface area contributed by atoms with Gasteiger partial charge < -0.3 is 15.4 Å². The Balaban J connectivity index is 2.32. The number of methoxy groups -OCH3 is 1. The monoisotopic (exact) mass is 206 g/mol. The van der Waals surface area contributed by atoms with Crippen LogP contribution in [0.4, 0.5) is 11.4 Å². The quantitative estimate of drug-likeness (QED) is 0.744. The summed E-state index contributed by atoms with van der Waals surface area (Å²) in [6.07, 6.45) is 1.55. The van der Waals surface area contributed by atoms with Gasteiger partial charge in [-0.2, -0.15) is 0 Å². The van der Waals surface area contributed by atoms with Crippen LogP contribution in [0.3, 0.4) is 0 Å².